The van der Waals surface area contributed by atoms with Crippen LogP contribution in [0.4, 0.5) is 0 Å². The molecule has 72 valence electrons. The Labute approximate surface area is 80.7 Å². The largest absolute Gasteiger partial charge is 0.376 e. The van der Waals surface area contributed by atoms with Gasteiger partial charge in [-0.05, 0) is 32.8 Å². The number of rotatable bonds is 3. The van der Waals surface area contributed by atoms with Crippen molar-refractivity contribution in [3.8, 4) is 0 Å². The van der Waals surface area contributed by atoms with E-state index < -0.39 is 0 Å². The average Bonchev–Trinajstić information content (AvgIpc) is 2.04. The molecule has 1 nitrogen and oxygen atoms in total. The zero-order chi connectivity index (χ0) is 9.73. The van der Waals surface area contributed by atoms with E-state index in [1.165, 1.54) is 5.56 Å². The van der Waals surface area contributed by atoms with E-state index in [1.807, 2.05) is 6.07 Å². The van der Waals surface area contributed by atoms with Crippen LogP contribution in [0.5, 0.6) is 0 Å². The van der Waals surface area contributed by atoms with Crippen molar-refractivity contribution in [1.29, 1.82) is 0 Å². The summed E-state index contributed by atoms with van der Waals surface area (Å²) in [4.78, 5) is 0. The molecular formula is C12H18O. The van der Waals surface area contributed by atoms with Gasteiger partial charge in [0.2, 0.25) is 0 Å². The lowest BCUT2D eigenvalue weighted by molar-refractivity contribution is -0.000975. The number of hydrogen-bond acceptors (Lipinski definition) is 1. The van der Waals surface area contributed by atoms with Gasteiger partial charge in [-0.25, -0.2) is 0 Å². The predicted octanol–water partition coefficient (Wildman–Crippen LogP) is 3.04. The molecular weight excluding hydrogens is 160 g/mol. The lowest BCUT2D eigenvalue weighted by atomic mass is 10.1. The zero-order valence-electron chi connectivity index (χ0n) is 8.71. The van der Waals surface area contributed by atoms with Crippen LogP contribution in [0.25, 0.3) is 0 Å². The quantitative estimate of drug-likeness (QED) is 0.691. The van der Waals surface area contributed by atoms with Gasteiger partial charge in [-0.2, -0.15) is 0 Å². The van der Waals surface area contributed by atoms with Crippen LogP contribution >= 0.6 is 0 Å². The Hall–Kier alpha value is -0.820. The summed E-state index contributed by atoms with van der Waals surface area (Å²) in [6, 6.07) is 10.4. The van der Waals surface area contributed by atoms with E-state index in [4.69, 9.17) is 4.74 Å². The van der Waals surface area contributed by atoms with Crippen LogP contribution in [0.3, 0.4) is 0 Å². The van der Waals surface area contributed by atoms with E-state index in [0.29, 0.717) is 0 Å². The minimum Gasteiger partial charge on any atom is -0.376 e. The standard InChI is InChI=1S/C12H18O/c1-12(2,3)13-10-9-11-7-5-4-6-8-11/h4-8H,9-10H2,1-3H3. The van der Waals surface area contributed by atoms with Gasteiger partial charge in [0, 0.05) is 0 Å². The van der Waals surface area contributed by atoms with Gasteiger partial charge in [-0.1, -0.05) is 30.3 Å². The summed E-state index contributed by atoms with van der Waals surface area (Å²) in [6.45, 7) is 7.04. The number of benzene rings is 1. The molecule has 0 aromatic heterocycles. The van der Waals surface area contributed by atoms with Gasteiger partial charge >= 0.3 is 0 Å². The molecule has 0 aliphatic carbocycles. The third kappa shape index (κ3) is 4.69. The van der Waals surface area contributed by atoms with Crippen molar-refractivity contribution < 1.29 is 4.74 Å². The minimum absolute atomic E-state index is 0.0191. The van der Waals surface area contributed by atoms with Gasteiger partial charge in [-0.3, -0.25) is 0 Å². The van der Waals surface area contributed by atoms with E-state index in [1.54, 1.807) is 0 Å². The van der Waals surface area contributed by atoms with Gasteiger partial charge in [0.05, 0.1) is 12.2 Å². The maximum atomic E-state index is 5.63. The van der Waals surface area contributed by atoms with E-state index in [0.717, 1.165) is 13.0 Å². The normalized spacial score (nSPS) is 11.6. The molecule has 1 aromatic carbocycles. The monoisotopic (exact) mass is 178 g/mol. The van der Waals surface area contributed by atoms with E-state index >= 15 is 0 Å². The first-order valence-corrected chi connectivity index (χ1v) is 4.76. The molecule has 0 bridgehead atoms. The molecule has 0 aliphatic heterocycles. The molecule has 0 unspecified atom stereocenters. The van der Waals surface area contributed by atoms with Crippen molar-refractivity contribution in [2.45, 2.75) is 32.8 Å². The molecule has 0 spiro atoms. The molecule has 0 saturated carbocycles. The van der Waals surface area contributed by atoms with Crippen LogP contribution in [0, 0.1) is 0 Å². The van der Waals surface area contributed by atoms with E-state index in [-0.39, 0.29) is 5.60 Å². The average molecular weight is 178 g/mol. The molecule has 0 amide bonds. The first kappa shape index (κ1) is 10.3. The summed E-state index contributed by atoms with van der Waals surface area (Å²) in [5.74, 6) is 0. The summed E-state index contributed by atoms with van der Waals surface area (Å²) < 4.78 is 5.63. The van der Waals surface area contributed by atoms with Crippen LogP contribution in [0.15, 0.2) is 30.3 Å². The fourth-order valence-corrected chi connectivity index (χ4v) is 1.12. The van der Waals surface area contributed by atoms with Crippen molar-refractivity contribution in [3.63, 3.8) is 0 Å². The van der Waals surface area contributed by atoms with Crippen LogP contribution in [-0.4, -0.2) is 12.2 Å². The Kier molecular flexibility index (Phi) is 3.49. The molecule has 0 fully saturated rings. The third-order valence-corrected chi connectivity index (χ3v) is 1.77. The molecule has 0 saturated heterocycles. The summed E-state index contributed by atoms with van der Waals surface area (Å²) in [5.41, 5.74) is 1.32. The highest BCUT2D eigenvalue weighted by molar-refractivity contribution is 5.14. The van der Waals surface area contributed by atoms with Crippen LogP contribution in [-0.2, 0) is 11.2 Å². The summed E-state index contributed by atoms with van der Waals surface area (Å²) in [6.07, 6.45) is 0.998. The van der Waals surface area contributed by atoms with Gasteiger partial charge in [0.1, 0.15) is 0 Å². The zero-order valence-corrected chi connectivity index (χ0v) is 8.71. The van der Waals surface area contributed by atoms with E-state index in [2.05, 4.69) is 45.0 Å². The van der Waals surface area contributed by atoms with Gasteiger partial charge in [-0.15, -0.1) is 0 Å². The summed E-state index contributed by atoms with van der Waals surface area (Å²) >= 11 is 0. The lowest BCUT2D eigenvalue weighted by Gasteiger charge is -2.19. The highest BCUT2D eigenvalue weighted by Gasteiger charge is 2.08. The van der Waals surface area contributed by atoms with Gasteiger partial charge < -0.3 is 4.74 Å². The number of ether oxygens (including phenoxy) is 1. The molecule has 0 N–H and O–H groups in total. The molecule has 0 aliphatic rings. The number of hydrogen-bond donors (Lipinski definition) is 0. The Bertz CT molecular complexity index is 233. The maximum absolute atomic E-state index is 5.63. The highest BCUT2D eigenvalue weighted by Crippen LogP contribution is 2.08. The van der Waals surface area contributed by atoms with Crippen LogP contribution < -0.4 is 0 Å². The van der Waals surface area contributed by atoms with Crippen molar-refractivity contribution in [2.24, 2.45) is 0 Å². The van der Waals surface area contributed by atoms with Crippen molar-refractivity contribution in [3.05, 3.63) is 35.9 Å². The second kappa shape index (κ2) is 4.43. The Morgan fingerprint density at radius 1 is 1.08 bits per heavy atom. The van der Waals surface area contributed by atoms with Crippen molar-refractivity contribution >= 4 is 0 Å². The lowest BCUT2D eigenvalue weighted by Crippen LogP contribution is -2.20. The first-order chi connectivity index (χ1) is 6.08. The second-order valence-electron chi connectivity index (χ2n) is 4.20. The SMILES string of the molecule is CC(C)(C)OCCc1ccccc1. The first-order valence-electron chi connectivity index (χ1n) is 4.76. The van der Waals surface area contributed by atoms with Crippen molar-refractivity contribution in [1.82, 2.24) is 0 Å². The molecule has 1 heteroatoms. The van der Waals surface area contributed by atoms with Crippen molar-refractivity contribution in [2.75, 3.05) is 6.61 Å². The minimum atomic E-state index is -0.0191. The molecule has 13 heavy (non-hydrogen) atoms. The smallest absolute Gasteiger partial charge is 0.0598 e. The Morgan fingerprint density at radius 2 is 1.69 bits per heavy atom. The maximum Gasteiger partial charge on any atom is 0.0598 e. The summed E-state index contributed by atoms with van der Waals surface area (Å²) in [5, 5.41) is 0. The van der Waals surface area contributed by atoms with Gasteiger partial charge in [0.25, 0.3) is 0 Å². The Balaban J connectivity index is 2.29. The summed E-state index contributed by atoms with van der Waals surface area (Å²) in [7, 11) is 0. The molecule has 1 aromatic rings. The fourth-order valence-electron chi connectivity index (χ4n) is 1.12. The van der Waals surface area contributed by atoms with Crippen LogP contribution in [0.1, 0.15) is 26.3 Å². The van der Waals surface area contributed by atoms with Gasteiger partial charge in [0.15, 0.2) is 0 Å². The molecule has 0 atom stereocenters. The molecule has 1 rings (SSSR count). The second-order valence-corrected chi connectivity index (χ2v) is 4.20. The van der Waals surface area contributed by atoms with Crippen LogP contribution in [0.2, 0.25) is 0 Å². The topological polar surface area (TPSA) is 9.23 Å². The molecule has 0 heterocycles. The Morgan fingerprint density at radius 3 is 2.23 bits per heavy atom. The highest BCUT2D eigenvalue weighted by atomic mass is 16.5. The third-order valence-electron chi connectivity index (χ3n) is 1.77. The van der Waals surface area contributed by atoms with E-state index in [9.17, 15) is 0 Å². The molecule has 0 radical (unpaired) electrons. The fraction of sp³-hybridized carbons (Fsp3) is 0.500. The predicted molar refractivity (Wildman–Crippen MR) is 55.9 cm³/mol.